The predicted octanol–water partition coefficient (Wildman–Crippen LogP) is 2.12. The van der Waals surface area contributed by atoms with Crippen LogP contribution in [0.1, 0.15) is 19.5 Å². The van der Waals surface area contributed by atoms with Crippen molar-refractivity contribution in [2.75, 3.05) is 6.54 Å². The number of carbonyl (C=O) groups is 1. The van der Waals surface area contributed by atoms with Crippen molar-refractivity contribution in [1.29, 1.82) is 0 Å². The van der Waals surface area contributed by atoms with E-state index in [0.717, 1.165) is 5.69 Å². The van der Waals surface area contributed by atoms with Gasteiger partial charge < -0.3 is 15.5 Å². The molecule has 1 aromatic heterocycles. The highest BCUT2D eigenvalue weighted by Gasteiger charge is 2.16. The standard InChI is InChI=1S/C16H20FN3O2/c1-10(2)14(18)15(21)19-8-7-13-9-22-16(20-13)11-3-5-12(17)6-4-11/h3-6,9-10,14H,7-8,18H2,1-2H3,(H,19,21)/t14-/m0/s1. The first-order chi connectivity index (χ1) is 10.5. The van der Waals surface area contributed by atoms with Gasteiger partial charge in [0, 0.05) is 18.5 Å². The van der Waals surface area contributed by atoms with Gasteiger partial charge in [-0.25, -0.2) is 9.37 Å². The van der Waals surface area contributed by atoms with Gasteiger partial charge in [-0.1, -0.05) is 13.8 Å². The highest BCUT2D eigenvalue weighted by molar-refractivity contribution is 5.81. The number of hydrogen-bond donors (Lipinski definition) is 2. The molecular formula is C16H20FN3O2. The summed E-state index contributed by atoms with van der Waals surface area (Å²) in [5.41, 5.74) is 7.18. The Balaban J connectivity index is 1.87. The van der Waals surface area contributed by atoms with Crippen molar-refractivity contribution in [1.82, 2.24) is 10.3 Å². The lowest BCUT2D eigenvalue weighted by Crippen LogP contribution is -2.44. The number of carbonyl (C=O) groups excluding carboxylic acids is 1. The molecule has 1 aromatic carbocycles. The highest BCUT2D eigenvalue weighted by atomic mass is 19.1. The molecule has 3 N–H and O–H groups in total. The SMILES string of the molecule is CC(C)[C@H](N)C(=O)NCCc1coc(-c2ccc(F)cc2)n1. The maximum absolute atomic E-state index is 12.9. The largest absolute Gasteiger partial charge is 0.444 e. The first kappa shape index (κ1) is 16.2. The number of benzene rings is 1. The van der Waals surface area contributed by atoms with Gasteiger partial charge in [-0.05, 0) is 30.2 Å². The summed E-state index contributed by atoms with van der Waals surface area (Å²) in [5.74, 6) is 0.0503. The Morgan fingerprint density at radius 1 is 1.36 bits per heavy atom. The molecule has 5 nitrogen and oxygen atoms in total. The number of halogens is 1. The minimum Gasteiger partial charge on any atom is -0.444 e. The first-order valence-electron chi connectivity index (χ1n) is 7.21. The molecule has 0 aliphatic carbocycles. The Labute approximate surface area is 128 Å². The Kier molecular flexibility index (Phi) is 5.27. The third-order valence-electron chi connectivity index (χ3n) is 3.34. The van der Waals surface area contributed by atoms with Crippen LogP contribution in [0.2, 0.25) is 0 Å². The second-order valence-electron chi connectivity index (χ2n) is 5.46. The summed E-state index contributed by atoms with van der Waals surface area (Å²) in [5, 5.41) is 2.77. The molecule has 2 aromatic rings. The van der Waals surface area contributed by atoms with Gasteiger partial charge in [0.1, 0.15) is 12.1 Å². The summed E-state index contributed by atoms with van der Waals surface area (Å²) in [6, 6.07) is 5.41. The van der Waals surface area contributed by atoms with E-state index >= 15 is 0 Å². The molecule has 0 saturated heterocycles. The zero-order chi connectivity index (χ0) is 16.1. The number of nitrogens with two attached hydrogens (primary N) is 1. The van der Waals surface area contributed by atoms with E-state index in [1.807, 2.05) is 13.8 Å². The summed E-state index contributed by atoms with van der Waals surface area (Å²) in [7, 11) is 0. The number of hydrogen-bond acceptors (Lipinski definition) is 4. The molecule has 0 radical (unpaired) electrons. The number of nitrogens with one attached hydrogen (secondary N) is 1. The van der Waals surface area contributed by atoms with Crippen LogP contribution in [0.5, 0.6) is 0 Å². The summed E-state index contributed by atoms with van der Waals surface area (Å²) in [6.45, 7) is 4.24. The zero-order valence-corrected chi connectivity index (χ0v) is 12.7. The molecule has 0 bridgehead atoms. The fourth-order valence-corrected chi connectivity index (χ4v) is 1.88. The lowest BCUT2D eigenvalue weighted by molar-refractivity contribution is -0.123. The van der Waals surface area contributed by atoms with Crippen molar-refractivity contribution in [3.05, 3.63) is 42.0 Å². The Morgan fingerprint density at radius 2 is 2.05 bits per heavy atom. The first-order valence-corrected chi connectivity index (χ1v) is 7.21. The normalized spacial score (nSPS) is 12.4. The van der Waals surface area contributed by atoms with E-state index in [4.69, 9.17) is 10.2 Å². The molecule has 22 heavy (non-hydrogen) atoms. The van der Waals surface area contributed by atoms with Crippen LogP contribution in [0.15, 0.2) is 34.9 Å². The van der Waals surface area contributed by atoms with Crippen molar-refractivity contribution in [3.63, 3.8) is 0 Å². The van der Waals surface area contributed by atoms with Crippen LogP contribution in [-0.2, 0) is 11.2 Å². The van der Waals surface area contributed by atoms with E-state index in [0.29, 0.717) is 24.4 Å². The van der Waals surface area contributed by atoms with E-state index in [-0.39, 0.29) is 17.6 Å². The lowest BCUT2D eigenvalue weighted by atomic mass is 10.1. The third kappa shape index (κ3) is 4.14. The van der Waals surface area contributed by atoms with Crippen molar-refractivity contribution < 1.29 is 13.6 Å². The molecule has 0 spiro atoms. The number of amides is 1. The third-order valence-corrected chi connectivity index (χ3v) is 3.34. The summed E-state index contributed by atoms with van der Waals surface area (Å²) in [6.07, 6.45) is 2.08. The lowest BCUT2D eigenvalue weighted by Gasteiger charge is -2.14. The highest BCUT2D eigenvalue weighted by Crippen LogP contribution is 2.18. The Morgan fingerprint density at radius 3 is 2.68 bits per heavy atom. The number of nitrogens with zero attached hydrogens (tertiary/aromatic N) is 1. The minimum atomic E-state index is -0.507. The van der Waals surface area contributed by atoms with Gasteiger partial charge in [0.2, 0.25) is 11.8 Å². The number of rotatable bonds is 6. The van der Waals surface area contributed by atoms with E-state index < -0.39 is 6.04 Å². The van der Waals surface area contributed by atoms with Gasteiger partial charge in [-0.3, -0.25) is 4.79 Å². The monoisotopic (exact) mass is 305 g/mol. The van der Waals surface area contributed by atoms with Crippen LogP contribution >= 0.6 is 0 Å². The van der Waals surface area contributed by atoms with Crippen molar-refractivity contribution >= 4 is 5.91 Å². The van der Waals surface area contributed by atoms with E-state index in [1.54, 1.807) is 12.1 Å². The molecular weight excluding hydrogens is 285 g/mol. The van der Waals surface area contributed by atoms with Crippen molar-refractivity contribution in [2.24, 2.45) is 11.7 Å². The molecule has 1 heterocycles. The Hall–Kier alpha value is -2.21. The van der Waals surface area contributed by atoms with Gasteiger partial charge in [0.05, 0.1) is 11.7 Å². The fraction of sp³-hybridized carbons (Fsp3) is 0.375. The van der Waals surface area contributed by atoms with Gasteiger partial charge in [0.15, 0.2) is 0 Å². The molecule has 0 unspecified atom stereocenters. The second kappa shape index (κ2) is 7.17. The minimum absolute atomic E-state index is 0.0946. The summed E-state index contributed by atoms with van der Waals surface area (Å²) < 4.78 is 18.2. The predicted molar refractivity (Wildman–Crippen MR) is 81.4 cm³/mol. The maximum atomic E-state index is 12.9. The van der Waals surface area contributed by atoms with E-state index in [2.05, 4.69) is 10.3 Å². The van der Waals surface area contributed by atoms with Gasteiger partial charge in [0.25, 0.3) is 0 Å². The molecule has 0 aliphatic heterocycles. The van der Waals surface area contributed by atoms with Crippen molar-refractivity contribution in [3.8, 4) is 11.5 Å². The van der Waals surface area contributed by atoms with Crippen molar-refractivity contribution in [2.45, 2.75) is 26.3 Å². The van der Waals surface area contributed by atoms with Crippen LogP contribution in [-0.4, -0.2) is 23.5 Å². The molecule has 0 fully saturated rings. The van der Waals surface area contributed by atoms with Gasteiger partial charge >= 0.3 is 0 Å². The molecule has 0 saturated carbocycles. The topological polar surface area (TPSA) is 81.2 Å². The zero-order valence-electron chi connectivity index (χ0n) is 12.7. The molecule has 1 amide bonds. The Bertz CT molecular complexity index is 623. The summed E-state index contributed by atoms with van der Waals surface area (Å²) in [4.78, 5) is 16.0. The molecule has 2 rings (SSSR count). The molecule has 6 heteroatoms. The average Bonchev–Trinajstić information content (AvgIpc) is 2.95. The van der Waals surface area contributed by atoms with E-state index in [1.165, 1.54) is 18.4 Å². The van der Waals surface area contributed by atoms with Crippen LogP contribution < -0.4 is 11.1 Å². The van der Waals surface area contributed by atoms with Gasteiger partial charge in [-0.2, -0.15) is 0 Å². The quantitative estimate of drug-likeness (QED) is 0.856. The molecule has 118 valence electrons. The number of aromatic nitrogens is 1. The van der Waals surface area contributed by atoms with Crippen LogP contribution in [0.3, 0.4) is 0 Å². The smallest absolute Gasteiger partial charge is 0.237 e. The van der Waals surface area contributed by atoms with Crippen LogP contribution in [0, 0.1) is 11.7 Å². The van der Waals surface area contributed by atoms with Crippen LogP contribution in [0.25, 0.3) is 11.5 Å². The van der Waals surface area contributed by atoms with E-state index in [9.17, 15) is 9.18 Å². The summed E-state index contributed by atoms with van der Waals surface area (Å²) >= 11 is 0. The van der Waals surface area contributed by atoms with Crippen LogP contribution in [0.4, 0.5) is 4.39 Å². The van der Waals surface area contributed by atoms with Gasteiger partial charge in [-0.15, -0.1) is 0 Å². The second-order valence-corrected chi connectivity index (χ2v) is 5.46. The fourth-order valence-electron chi connectivity index (χ4n) is 1.88. The average molecular weight is 305 g/mol. The molecule has 1 atom stereocenters. The number of oxazole rings is 1. The molecule has 0 aliphatic rings. The maximum Gasteiger partial charge on any atom is 0.237 e.